The molecule has 1 amide bonds. The molecule has 0 spiro atoms. The molecule has 0 fully saturated rings. The lowest BCUT2D eigenvalue weighted by molar-refractivity contribution is 0.102. The van der Waals surface area contributed by atoms with Gasteiger partial charge in [-0.15, -0.1) is 0 Å². The van der Waals surface area contributed by atoms with Crippen LogP contribution < -0.4 is 10.6 Å². The minimum atomic E-state index is -0.337. The Hall–Kier alpha value is -2.99. The molecule has 0 aliphatic rings. The number of para-hydroxylation sites is 1. The van der Waals surface area contributed by atoms with E-state index in [2.05, 4.69) is 20.6 Å². The van der Waals surface area contributed by atoms with Crippen molar-refractivity contribution in [1.82, 2.24) is 9.97 Å². The van der Waals surface area contributed by atoms with Crippen LogP contribution in [-0.4, -0.2) is 22.4 Å². The van der Waals surface area contributed by atoms with Crippen LogP contribution in [0.25, 0.3) is 0 Å². The molecule has 3 aromatic rings. The number of nitrogens with one attached hydrogen (secondary N) is 2. The highest BCUT2D eigenvalue weighted by Gasteiger charge is 2.09. The van der Waals surface area contributed by atoms with Crippen LogP contribution >= 0.6 is 11.6 Å². The van der Waals surface area contributed by atoms with Crippen LogP contribution in [0, 0.1) is 5.82 Å². The second-order valence-electron chi connectivity index (χ2n) is 5.53. The fourth-order valence-electron chi connectivity index (χ4n) is 2.26. The van der Waals surface area contributed by atoms with E-state index in [-0.39, 0.29) is 11.7 Å². The maximum atomic E-state index is 12.9. The molecule has 26 heavy (non-hydrogen) atoms. The Labute approximate surface area is 155 Å². The zero-order valence-electron chi connectivity index (χ0n) is 13.7. The second kappa shape index (κ2) is 8.40. The lowest BCUT2D eigenvalue weighted by Gasteiger charge is -2.08. The maximum absolute atomic E-state index is 12.9. The zero-order chi connectivity index (χ0) is 18.4. The quantitative estimate of drug-likeness (QED) is 0.683. The van der Waals surface area contributed by atoms with Crippen LogP contribution in [0.15, 0.2) is 60.9 Å². The highest BCUT2D eigenvalue weighted by Crippen LogP contribution is 2.21. The number of rotatable bonds is 6. The van der Waals surface area contributed by atoms with Gasteiger partial charge in [-0.05, 0) is 36.2 Å². The van der Waals surface area contributed by atoms with Crippen molar-refractivity contribution in [2.75, 3.05) is 17.2 Å². The van der Waals surface area contributed by atoms with Gasteiger partial charge in [0.1, 0.15) is 5.82 Å². The Morgan fingerprint density at radius 3 is 2.42 bits per heavy atom. The van der Waals surface area contributed by atoms with Crippen LogP contribution in [0.2, 0.25) is 5.02 Å². The van der Waals surface area contributed by atoms with Crippen molar-refractivity contribution in [3.63, 3.8) is 0 Å². The molecule has 7 heteroatoms. The number of hydrogen-bond acceptors (Lipinski definition) is 4. The van der Waals surface area contributed by atoms with Crippen LogP contribution in [0.1, 0.15) is 15.9 Å². The molecular weight excluding hydrogens is 355 g/mol. The van der Waals surface area contributed by atoms with E-state index in [1.54, 1.807) is 36.4 Å². The maximum Gasteiger partial charge on any atom is 0.258 e. The van der Waals surface area contributed by atoms with Gasteiger partial charge in [0.25, 0.3) is 5.91 Å². The summed E-state index contributed by atoms with van der Waals surface area (Å²) in [6.07, 6.45) is 3.59. The fraction of sp³-hybridized carbons (Fsp3) is 0.105. The topological polar surface area (TPSA) is 66.9 Å². The molecule has 2 aromatic carbocycles. The molecule has 0 atom stereocenters. The molecule has 2 N–H and O–H groups in total. The van der Waals surface area contributed by atoms with Gasteiger partial charge in [-0.3, -0.25) is 4.79 Å². The van der Waals surface area contributed by atoms with E-state index < -0.39 is 0 Å². The smallest absolute Gasteiger partial charge is 0.258 e. The third kappa shape index (κ3) is 4.77. The predicted molar refractivity (Wildman–Crippen MR) is 100 cm³/mol. The first-order valence-corrected chi connectivity index (χ1v) is 8.36. The summed E-state index contributed by atoms with van der Waals surface area (Å²) in [4.78, 5) is 20.5. The molecule has 0 saturated heterocycles. The molecule has 0 aliphatic heterocycles. The number of carbonyl (C=O) groups excluding carboxylic acids is 1. The summed E-state index contributed by atoms with van der Waals surface area (Å²) in [6, 6.07) is 13.3. The Morgan fingerprint density at radius 2 is 1.73 bits per heavy atom. The predicted octanol–water partition coefficient (Wildman–Crippen LogP) is 4.18. The van der Waals surface area contributed by atoms with Crippen LogP contribution in [0.5, 0.6) is 0 Å². The van der Waals surface area contributed by atoms with E-state index >= 15 is 0 Å². The molecule has 0 aliphatic carbocycles. The van der Waals surface area contributed by atoms with Gasteiger partial charge in [-0.1, -0.05) is 35.9 Å². The van der Waals surface area contributed by atoms with Gasteiger partial charge in [0.15, 0.2) is 0 Å². The van der Waals surface area contributed by atoms with E-state index in [1.165, 1.54) is 24.5 Å². The number of carbonyl (C=O) groups is 1. The summed E-state index contributed by atoms with van der Waals surface area (Å²) in [5.41, 5.74) is 1.87. The van der Waals surface area contributed by atoms with Gasteiger partial charge >= 0.3 is 0 Å². The molecule has 3 rings (SSSR count). The summed E-state index contributed by atoms with van der Waals surface area (Å²) in [5, 5.41) is 6.24. The minimum absolute atomic E-state index is 0.254. The number of hydrogen-bond donors (Lipinski definition) is 2. The van der Waals surface area contributed by atoms with Gasteiger partial charge in [-0.2, -0.15) is 0 Å². The third-order valence-electron chi connectivity index (χ3n) is 3.65. The number of aromatic nitrogens is 2. The molecule has 1 heterocycles. The van der Waals surface area contributed by atoms with Crippen molar-refractivity contribution in [1.29, 1.82) is 0 Å². The molecule has 0 saturated carbocycles. The highest BCUT2D eigenvalue weighted by atomic mass is 35.5. The van der Waals surface area contributed by atoms with Gasteiger partial charge in [0.05, 0.1) is 16.3 Å². The van der Waals surface area contributed by atoms with Gasteiger partial charge in [0, 0.05) is 18.9 Å². The summed E-state index contributed by atoms with van der Waals surface area (Å²) < 4.78 is 12.9. The lowest BCUT2D eigenvalue weighted by atomic mass is 10.1. The number of nitrogens with zero attached hydrogens (tertiary/aromatic N) is 2. The minimum Gasteiger partial charge on any atom is -0.354 e. The van der Waals surface area contributed by atoms with E-state index in [9.17, 15) is 9.18 Å². The Morgan fingerprint density at radius 1 is 1.04 bits per heavy atom. The summed E-state index contributed by atoms with van der Waals surface area (Å²) >= 11 is 6.02. The van der Waals surface area contributed by atoms with Crippen molar-refractivity contribution >= 4 is 29.1 Å². The fourth-order valence-corrected chi connectivity index (χ4v) is 2.45. The highest BCUT2D eigenvalue weighted by molar-refractivity contribution is 6.33. The molecule has 132 valence electrons. The van der Waals surface area contributed by atoms with Gasteiger partial charge in [0.2, 0.25) is 5.95 Å². The van der Waals surface area contributed by atoms with Crippen molar-refractivity contribution in [2.45, 2.75) is 6.42 Å². The number of amides is 1. The third-order valence-corrected chi connectivity index (χ3v) is 3.98. The summed E-state index contributed by atoms with van der Waals surface area (Å²) in [5.74, 6) is -0.173. The normalized spacial score (nSPS) is 10.4. The van der Waals surface area contributed by atoms with E-state index in [0.717, 1.165) is 5.56 Å². The number of anilines is 2. The number of benzene rings is 2. The summed E-state index contributed by atoms with van der Waals surface area (Å²) in [6.45, 7) is 0.594. The molecule has 0 unspecified atom stereocenters. The first-order valence-electron chi connectivity index (χ1n) is 7.98. The monoisotopic (exact) mass is 370 g/mol. The average Bonchev–Trinajstić information content (AvgIpc) is 2.66. The molecule has 5 nitrogen and oxygen atoms in total. The number of halogens is 2. The van der Waals surface area contributed by atoms with Crippen molar-refractivity contribution in [3.8, 4) is 0 Å². The van der Waals surface area contributed by atoms with Crippen molar-refractivity contribution in [3.05, 3.63) is 82.9 Å². The van der Waals surface area contributed by atoms with E-state index in [4.69, 9.17) is 11.6 Å². The standard InChI is InChI=1S/C19H16ClFN4O/c20-16-3-1-2-4-17(16)25-18(26)14-11-23-19(24-12-14)22-10-9-13-5-7-15(21)8-6-13/h1-8,11-12H,9-10H2,(H,25,26)(H,22,23,24). The molecule has 0 bridgehead atoms. The SMILES string of the molecule is O=C(Nc1ccccc1Cl)c1cnc(NCCc2ccc(F)cc2)nc1. The summed E-state index contributed by atoms with van der Waals surface area (Å²) in [7, 11) is 0. The zero-order valence-corrected chi connectivity index (χ0v) is 14.5. The van der Waals surface area contributed by atoms with Crippen LogP contribution in [-0.2, 0) is 6.42 Å². The second-order valence-corrected chi connectivity index (χ2v) is 5.94. The molecular formula is C19H16ClFN4O. The Bertz CT molecular complexity index is 885. The van der Waals surface area contributed by atoms with Crippen LogP contribution in [0.4, 0.5) is 16.0 Å². The van der Waals surface area contributed by atoms with E-state index in [1.807, 2.05) is 0 Å². The average molecular weight is 371 g/mol. The van der Waals surface area contributed by atoms with Crippen molar-refractivity contribution in [2.24, 2.45) is 0 Å². The largest absolute Gasteiger partial charge is 0.354 e. The van der Waals surface area contributed by atoms with Crippen LogP contribution in [0.3, 0.4) is 0 Å². The van der Waals surface area contributed by atoms with Gasteiger partial charge < -0.3 is 10.6 Å². The van der Waals surface area contributed by atoms with Gasteiger partial charge in [-0.25, -0.2) is 14.4 Å². The first-order chi connectivity index (χ1) is 12.6. The van der Waals surface area contributed by atoms with Crippen molar-refractivity contribution < 1.29 is 9.18 Å². The molecule has 0 radical (unpaired) electrons. The Kier molecular flexibility index (Phi) is 5.76. The lowest BCUT2D eigenvalue weighted by Crippen LogP contribution is -2.14. The first kappa shape index (κ1) is 17.8. The molecule has 1 aromatic heterocycles. The van der Waals surface area contributed by atoms with E-state index in [0.29, 0.717) is 35.2 Å². The Balaban J connectivity index is 1.53.